The molecule has 4 rings (SSSR count). The molecule has 0 unspecified atom stereocenters. The minimum Gasteiger partial charge on any atom is -0.360 e. The van der Waals surface area contributed by atoms with Gasteiger partial charge in [-0.3, -0.25) is 9.59 Å². The van der Waals surface area contributed by atoms with Crippen molar-refractivity contribution >= 4 is 28.3 Å². The van der Waals surface area contributed by atoms with Crippen LogP contribution >= 0.6 is 0 Å². The second-order valence-corrected chi connectivity index (χ2v) is 7.41. The Kier molecular flexibility index (Phi) is 4.97. The molecule has 1 aromatic heterocycles. The lowest BCUT2D eigenvalue weighted by Crippen LogP contribution is -2.43. The Morgan fingerprint density at radius 2 is 2.07 bits per heavy atom. The number of rotatable bonds is 4. The highest BCUT2D eigenvalue weighted by atomic mass is 19.1. The number of benzene rings is 1. The van der Waals surface area contributed by atoms with Crippen molar-refractivity contribution in [1.82, 2.24) is 15.2 Å². The van der Waals surface area contributed by atoms with E-state index >= 15 is 0 Å². The molecule has 0 saturated heterocycles. The van der Waals surface area contributed by atoms with E-state index < -0.39 is 0 Å². The molecule has 142 valence electrons. The van der Waals surface area contributed by atoms with Crippen molar-refractivity contribution in [3.63, 3.8) is 0 Å². The molecule has 0 spiro atoms. The van der Waals surface area contributed by atoms with E-state index in [4.69, 9.17) is 0 Å². The van der Waals surface area contributed by atoms with Gasteiger partial charge in [0.05, 0.1) is 6.54 Å². The van der Waals surface area contributed by atoms with Crippen molar-refractivity contribution < 1.29 is 14.0 Å². The van der Waals surface area contributed by atoms with Crippen LogP contribution in [0.1, 0.15) is 37.7 Å². The van der Waals surface area contributed by atoms with Gasteiger partial charge in [-0.15, -0.1) is 0 Å². The molecular formula is C21H24FN3O2. The van der Waals surface area contributed by atoms with E-state index in [1.165, 1.54) is 12.1 Å². The van der Waals surface area contributed by atoms with Crippen molar-refractivity contribution in [3.8, 4) is 0 Å². The van der Waals surface area contributed by atoms with Gasteiger partial charge in [-0.2, -0.15) is 0 Å². The molecule has 5 nitrogen and oxygen atoms in total. The fourth-order valence-corrected chi connectivity index (χ4v) is 4.11. The Morgan fingerprint density at radius 1 is 1.26 bits per heavy atom. The summed E-state index contributed by atoms with van der Waals surface area (Å²) < 4.78 is 13.3. The lowest BCUT2D eigenvalue weighted by molar-refractivity contribution is -0.133. The molecule has 1 aromatic carbocycles. The number of nitrogens with one attached hydrogen (secondary N) is 2. The number of hydrogen-bond donors (Lipinski definition) is 2. The van der Waals surface area contributed by atoms with Crippen LogP contribution in [0.4, 0.5) is 4.39 Å². The first-order valence-corrected chi connectivity index (χ1v) is 9.63. The highest BCUT2D eigenvalue weighted by molar-refractivity contribution is 5.93. The monoisotopic (exact) mass is 369 g/mol. The van der Waals surface area contributed by atoms with Gasteiger partial charge < -0.3 is 15.2 Å². The van der Waals surface area contributed by atoms with E-state index in [1.54, 1.807) is 11.0 Å². The summed E-state index contributed by atoms with van der Waals surface area (Å²) in [7, 11) is 0. The first kappa shape index (κ1) is 17.8. The largest absolute Gasteiger partial charge is 0.360 e. The molecule has 0 bridgehead atoms. The SMILES string of the molecule is O=C(NCC(=O)N1CC=C(c2c[nH]c3cc(F)ccc23)CC1)C1CCCC1. The lowest BCUT2D eigenvalue weighted by Gasteiger charge is -2.27. The highest BCUT2D eigenvalue weighted by Gasteiger charge is 2.24. The van der Waals surface area contributed by atoms with Crippen LogP contribution < -0.4 is 5.32 Å². The van der Waals surface area contributed by atoms with Gasteiger partial charge in [-0.05, 0) is 43.0 Å². The molecule has 2 N–H and O–H groups in total. The summed E-state index contributed by atoms with van der Waals surface area (Å²) in [5.41, 5.74) is 3.00. The normalized spacial score (nSPS) is 18.0. The third-order valence-electron chi connectivity index (χ3n) is 5.69. The summed E-state index contributed by atoms with van der Waals surface area (Å²) in [6, 6.07) is 4.74. The first-order chi connectivity index (χ1) is 13.1. The molecule has 1 saturated carbocycles. The average Bonchev–Trinajstić information content (AvgIpc) is 3.35. The van der Waals surface area contributed by atoms with Crippen molar-refractivity contribution in [3.05, 3.63) is 41.9 Å². The lowest BCUT2D eigenvalue weighted by atomic mass is 9.99. The maximum absolute atomic E-state index is 13.3. The number of amides is 2. The fourth-order valence-electron chi connectivity index (χ4n) is 4.11. The quantitative estimate of drug-likeness (QED) is 0.869. The van der Waals surface area contributed by atoms with E-state index in [9.17, 15) is 14.0 Å². The predicted octanol–water partition coefficient (Wildman–Crippen LogP) is 3.23. The number of aromatic nitrogens is 1. The summed E-state index contributed by atoms with van der Waals surface area (Å²) in [5, 5.41) is 3.79. The number of fused-ring (bicyclic) bond motifs is 1. The molecule has 0 radical (unpaired) electrons. The Hall–Kier alpha value is -2.63. The Balaban J connectivity index is 1.36. The van der Waals surface area contributed by atoms with Gasteiger partial charge in [0, 0.05) is 41.7 Å². The molecule has 1 aliphatic carbocycles. The Labute approximate surface area is 157 Å². The molecule has 2 aromatic rings. The number of H-pyrrole nitrogens is 1. The fraction of sp³-hybridized carbons (Fsp3) is 0.429. The van der Waals surface area contributed by atoms with Gasteiger partial charge in [-0.25, -0.2) is 4.39 Å². The topological polar surface area (TPSA) is 65.2 Å². The van der Waals surface area contributed by atoms with Crippen LogP contribution in [0.2, 0.25) is 0 Å². The van der Waals surface area contributed by atoms with Crippen molar-refractivity contribution in [2.24, 2.45) is 5.92 Å². The van der Waals surface area contributed by atoms with Crippen molar-refractivity contribution in [2.75, 3.05) is 19.6 Å². The molecule has 2 amide bonds. The number of hydrogen-bond acceptors (Lipinski definition) is 2. The maximum Gasteiger partial charge on any atom is 0.242 e. The first-order valence-electron chi connectivity index (χ1n) is 9.63. The smallest absolute Gasteiger partial charge is 0.242 e. The van der Waals surface area contributed by atoms with Gasteiger partial charge in [0.15, 0.2) is 0 Å². The van der Waals surface area contributed by atoms with Gasteiger partial charge in [0.1, 0.15) is 5.82 Å². The van der Waals surface area contributed by atoms with E-state index in [1.807, 2.05) is 12.3 Å². The number of aromatic amines is 1. The molecule has 0 atom stereocenters. The zero-order valence-electron chi connectivity index (χ0n) is 15.3. The van der Waals surface area contributed by atoms with Gasteiger partial charge >= 0.3 is 0 Å². The molecule has 1 aliphatic heterocycles. The van der Waals surface area contributed by atoms with Crippen LogP contribution in [-0.4, -0.2) is 41.3 Å². The highest BCUT2D eigenvalue weighted by Crippen LogP contribution is 2.29. The van der Waals surface area contributed by atoms with Crippen LogP contribution in [0, 0.1) is 11.7 Å². The molecule has 1 fully saturated rings. The third-order valence-corrected chi connectivity index (χ3v) is 5.69. The minimum atomic E-state index is -0.259. The predicted molar refractivity (Wildman–Crippen MR) is 102 cm³/mol. The minimum absolute atomic E-state index is 0.0140. The standard InChI is InChI=1S/C21H24FN3O2/c22-16-5-6-17-18(12-23-19(17)11-16)14-7-9-25(10-8-14)20(26)13-24-21(27)15-3-1-2-4-15/h5-7,11-12,15,23H,1-4,8-10,13H2,(H,24,27). The second kappa shape index (κ2) is 7.55. The third kappa shape index (κ3) is 3.75. The second-order valence-electron chi connectivity index (χ2n) is 7.41. The molecule has 6 heteroatoms. The van der Waals surface area contributed by atoms with E-state index in [2.05, 4.69) is 10.3 Å². The van der Waals surface area contributed by atoms with E-state index in [0.717, 1.165) is 54.1 Å². The number of halogens is 1. The molecule has 2 heterocycles. The average molecular weight is 369 g/mol. The molecule has 2 aliphatic rings. The summed E-state index contributed by atoms with van der Waals surface area (Å²) in [5.74, 6) is -0.208. The number of carbonyl (C=O) groups excluding carboxylic acids is 2. The zero-order chi connectivity index (χ0) is 18.8. The van der Waals surface area contributed by atoms with Gasteiger partial charge in [-0.1, -0.05) is 18.9 Å². The van der Waals surface area contributed by atoms with Gasteiger partial charge in [0.25, 0.3) is 0 Å². The van der Waals surface area contributed by atoms with Crippen LogP contribution in [0.25, 0.3) is 16.5 Å². The maximum atomic E-state index is 13.3. The van der Waals surface area contributed by atoms with E-state index in [-0.39, 0.29) is 30.1 Å². The van der Waals surface area contributed by atoms with Crippen LogP contribution in [0.15, 0.2) is 30.5 Å². The summed E-state index contributed by atoms with van der Waals surface area (Å²) in [6.07, 6.45) is 8.77. The van der Waals surface area contributed by atoms with Gasteiger partial charge in [0.2, 0.25) is 11.8 Å². The van der Waals surface area contributed by atoms with E-state index in [0.29, 0.717) is 13.1 Å². The molecular weight excluding hydrogens is 345 g/mol. The van der Waals surface area contributed by atoms with Crippen LogP contribution in [0.3, 0.4) is 0 Å². The van der Waals surface area contributed by atoms with Crippen molar-refractivity contribution in [1.29, 1.82) is 0 Å². The number of nitrogens with zero attached hydrogens (tertiary/aromatic N) is 1. The summed E-state index contributed by atoms with van der Waals surface area (Å²) >= 11 is 0. The van der Waals surface area contributed by atoms with Crippen molar-refractivity contribution in [2.45, 2.75) is 32.1 Å². The Bertz CT molecular complexity index is 896. The zero-order valence-corrected chi connectivity index (χ0v) is 15.3. The number of carbonyl (C=O) groups is 2. The Morgan fingerprint density at radius 3 is 2.81 bits per heavy atom. The molecule has 27 heavy (non-hydrogen) atoms. The van der Waals surface area contributed by atoms with Crippen LogP contribution in [-0.2, 0) is 9.59 Å². The summed E-state index contributed by atoms with van der Waals surface area (Å²) in [6.45, 7) is 1.23. The van der Waals surface area contributed by atoms with Crippen LogP contribution in [0.5, 0.6) is 0 Å². The summed E-state index contributed by atoms with van der Waals surface area (Å²) in [4.78, 5) is 29.3.